The first-order chi connectivity index (χ1) is 9.60. The number of hydrogen-bond donors (Lipinski definition) is 2. The van der Waals surface area contributed by atoms with E-state index in [0.29, 0.717) is 34.3 Å². The molecule has 2 aromatic carbocycles. The molecule has 0 spiro atoms. The van der Waals surface area contributed by atoms with E-state index in [1.165, 1.54) is 0 Å². The SMILES string of the molecule is CCNC(=O)c1ccc(N)c(Oc2ccc(Cl)cc2)c1. The van der Waals surface area contributed by atoms with Crippen molar-refractivity contribution >= 4 is 23.2 Å². The lowest BCUT2D eigenvalue weighted by Gasteiger charge is -2.10. The first kappa shape index (κ1) is 14.2. The number of amides is 1. The monoisotopic (exact) mass is 290 g/mol. The molecule has 0 heterocycles. The average molecular weight is 291 g/mol. The molecule has 0 aliphatic rings. The van der Waals surface area contributed by atoms with Crippen LogP contribution in [0, 0.1) is 0 Å². The van der Waals surface area contributed by atoms with Gasteiger partial charge < -0.3 is 15.8 Å². The summed E-state index contributed by atoms with van der Waals surface area (Å²) in [5, 5.41) is 3.35. The maximum absolute atomic E-state index is 11.8. The normalized spacial score (nSPS) is 10.1. The lowest BCUT2D eigenvalue weighted by Crippen LogP contribution is -2.22. The Labute approximate surface area is 122 Å². The highest BCUT2D eigenvalue weighted by Gasteiger charge is 2.09. The van der Waals surface area contributed by atoms with Crippen molar-refractivity contribution in [1.29, 1.82) is 0 Å². The van der Waals surface area contributed by atoms with Crippen LogP contribution in [0.3, 0.4) is 0 Å². The van der Waals surface area contributed by atoms with Crippen molar-refractivity contribution in [2.24, 2.45) is 0 Å². The predicted octanol–water partition coefficient (Wildman–Crippen LogP) is 3.46. The molecular weight excluding hydrogens is 276 g/mol. The van der Waals surface area contributed by atoms with Crippen molar-refractivity contribution in [3.8, 4) is 11.5 Å². The summed E-state index contributed by atoms with van der Waals surface area (Å²) < 4.78 is 5.67. The third kappa shape index (κ3) is 3.42. The van der Waals surface area contributed by atoms with E-state index in [0.717, 1.165) is 0 Å². The van der Waals surface area contributed by atoms with Crippen LogP contribution in [0.15, 0.2) is 42.5 Å². The van der Waals surface area contributed by atoms with Crippen LogP contribution in [-0.2, 0) is 0 Å². The summed E-state index contributed by atoms with van der Waals surface area (Å²) in [5.41, 5.74) is 6.83. The molecule has 0 saturated heterocycles. The zero-order valence-corrected chi connectivity index (χ0v) is 11.8. The van der Waals surface area contributed by atoms with Crippen LogP contribution >= 0.6 is 11.6 Å². The number of halogens is 1. The number of hydrogen-bond acceptors (Lipinski definition) is 3. The van der Waals surface area contributed by atoms with Crippen LogP contribution < -0.4 is 15.8 Å². The fraction of sp³-hybridized carbons (Fsp3) is 0.133. The summed E-state index contributed by atoms with van der Waals surface area (Å²) in [6, 6.07) is 11.8. The average Bonchev–Trinajstić information content (AvgIpc) is 2.44. The van der Waals surface area contributed by atoms with E-state index in [9.17, 15) is 4.79 Å². The van der Waals surface area contributed by atoms with Crippen LogP contribution in [0.4, 0.5) is 5.69 Å². The Bertz CT molecular complexity index is 612. The van der Waals surface area contributed by atoms with Gasteiger partial charge in [-0.3, -0.25) is 4.79 Å². The van der Waals surface area contributed by atoms with E-state index < -0.39 is 0 Å². The molecule has 104 valence electrons. The van der Waals surface area contributed by atoms with E-state index in [-0.39, 0.29) is 5.91 Å². The number of nitrogen functional groups attached to an aromatic ring is 1. The van der Waals surface area contributed by atoms with Crippen molar-refractivity contribution in [1.82, 2.24) is 5.32 Å². The second-order valence-corrected chi connectivity index (χ2v) is 4.60. The molecule has 0 aromatic heterocycles. The van der Waals surface area contributed by atoms with Crippen LogP contribution in [0.5, 0.6) is 11.5 Å². The third-order valence-corrected chi connectivity index (χ3v) is 2.91. The van der Waals surface area contributed by atoms with Crippen molar-refractivity contribution in [2.75, 3.05) is 12.3 Å². The molecule has 0 aliphatic heterocycles. The number of anilines is 1. The molecule has 0 bridgehead atoms. The lowest BCUT2D eigenvalue weighted by molar-refractivity contribution is 0.0955. The molecular formula is C15H15ClN2O2. The Morgan fingerprint density at radius 1 is 1.25 bits per heavy atom. The van der Waals surface area contributed by atoms with Crippen molar-refractivity contribution < 1.29 is 9.53 Å². The molecule has 0 unspecified atom stereocenters. The highest BCUT2D eigenvalue weighted by Crippen LogP contribution is 2.29. The van der Waals surface area contributed by atoms with Crippen molar-refractivity contribution in [3.63, 3.8) is 0 Å². The molecule has 2 aromatic rings. The summed E-state index contributed by atoms with van der Waals surface area (Å²) >= 11 is 5.81. The molecule has 20 heavy (non-hydrogen) atoms. The first-order valence-corrected chi connectivity index (χ1v) is 6.59. The largest absolute Gasteiger partial charge is 0.455 e. The van der Waals surface area contributed by atoms with Gasteiger partial charge in [0.05, 0.1) is 5.69 Å². The smallest absolute Gasteiger partial charge is 0.251 e. The van der Waals surface area contributed by atoms with Crippen LogP contribution in [-0.4, -0.2) is 12.5 Å². The Morgan fingerprint density at radius 3 is 2.60 bits per heavy atom. The number of ether oxygens (including phenoxy) is 1. The summed E-state index contributed by atoms with van der Waals surface area (Å²) in [6.45, 7) is 2.43. The van der Waals surface area contributed by atoms with E-state index >= 15 is 0 Å². The Hall–Kier alpha value is -2.20. The third-order valence-electron chi connectivity index (χ3n) is 2.65. The van der Waals surface area contributed by atoms with Gasteiger partial charge in [0.1, 0.15) is 5.75 Å². The number of rotatable bonds is 4. The van der Waals surface area contributed by atoms with E-state index in [1.54, 1.807) is 42.5 Å². The van der Waals surface area contributed by atoms with Crippen molar-refractivity contribution in [3.05, 3.63) is 53.1 Å². The summed E-state index contributed by atoms with van der Waals surface area (Å²) in [5.74, 6) is 0.888. The maximum Gasteiger partial charge on any atom is 0.251 e. The van der Waals surface area contributed by atoms with Gasteiger partial charge in [-0.2, -0.15) is 0 Å². The number of nitrogens with one attached hydrogen (secondary N) is 1. The van der Waals surface area contributed by atoms with E-state index in [2.05, 4.69) is 5.32 Å². The van der Waals surface area contributed by atoms with Crippen LogP contribution in [0.1, 0.15) is 17.3 Å². The van der Waals surface area contributed by atoms with Crippen LogP contribution in [0.2, 0.25) is 5.02 Å². The molecule has 0 radical (unpaired) electrons. The molecule has 5 heteroatoms. The lowest BCUT2D eigenvalue weighted by atomic mass is 10.1. The van der Waals surface area contributed by atoms with E-state index in [1.807, 2.05) is 6.92 Å². The minimum absolute atomic E-state index is 0.159. The summed E-state index contributed by atoms with van der Waals surface area (Å²) in [4.78, 5) is 11.8. The number of benzene rings is 2. The summed E-state index contributed by atoms with van der Waals surface area (Å²) in [7, 11) is 0. The van der Waals surface area contributed by atoms with Gasteiger partial charge >= 0.3 is 0 Å². The van der Waals surface area contributed by atoms with Gasteiger partial charge in [0.15, 0.2) is 5.75 Å². The quantitative estimate of drug-likeness (QED) is 0.848. The van der Waals surface area contributed by atoms with Gasteiger partial charge in [0.2, 0.25) is 0 Å². The number of carbonyl (C=O) groups is 1. The molecule has 3 N–H and O–H groups in total. The highest BCUT2D eigenvalue weighted by atomic mass is 35.5. The maximum atomic E-state index is 11.8. The molecule has 0 aliphatic carbocycles. The van der Waals surface area contributed by atoms with Gasteiger partial charge in [0, 0.05) is 17.1 Å². The van der Waals surface area contributed by atoms with Crippen molar-refractivity contribution in [2.45, 2.75) is 6.92 Å². The highest BCUT2D eigenvalue weighted by molar-refractivity contribution is 6.30. The fourth-order valence-electron chi connectivity index (χ4n) is 1.66. The fourth-order valence-corrected chi connectivity index (χ4v) is 1.78. The first-order valence-electron chi connectivity index (χ1n) is 6.21. The zero-order chi connectivity index (χ0) is 14.5. The predicted molar refractivity (Wildman–Crippen MR) is 80.4 cm³/mol. The second-order valence-electron chi connectivity index (χ2n) is 4.17. The molecule has 4 nitrogen and oxygen atoms in total. The number of carbonyl (C=O) groups excluding carboxylic acids is 1. The molecule has 0 fully saturated rings. The Balaban J connectivity index is 2.24. The molecule has 1 amide bonds. The molecule has 0 atom stereocenters. The topological polar surface area (TPSA) is 64.4 Å². The molecule has 0 saturated carbocycles. The van der Waals surface area contributed by atoms with Gasteiger partial charge in [-0.1, -0.05) is 11.6 Å². The zero-order valence-electron chi connectivity index (χ0n) is 11.0. The standard InChI is InChI=1S/C15H15ClN2O2/c1-2-18-15(19)10-3-8-13(17)14(9-10)20-12-6-4-11(16)5-7-12/h3-9H,2,17H2,1H3,(H,18,19). The number of nitrogens with two attached hydrogens (primary N) is 1. The molecule has 2 rings (SSSR count). The second kappa shape index (κ2) is 6.30. The van der Waals surface area contributed by atoms with Gasteiger partial charge in [-0.05, 0) is 49.4 Å². The minimum Gasteiger partial charge on any atom is -0.455 e. The summed E-state index contributed by atoms with van der Waals surface area (Å²) in [6.07, 6.45) is 0. The van der Waals surface area contributed by atoms with Gasteiger partial charge in [-0.25, -0.2) is 0 Å². The van der Waals surface area contributed by atoms with Crippen LogP contribution in [0.25, 0.3) is 0 Å². The Morgan fingerprint density at radius 2 is 1.95 bits per heavy atom. The van der Waals surface area contributed by atoms with Gasteiger partial charge in [0.25, 0.3) is 5.91 Å². The van der Waals surface area contributed by atoms with Gasteiger partial charge in [-0.15, -0.1) is 0 Å². The Kier molecular flexibility index (Phi) is 4.48. The minimum atomic E-state index is -0.159. The van der Waals surface area contributed by atoms with E-state index in [4.69, 9.17) is 22.1 Å².